The summed E-state index contributed by atoms with van der Waals surface area (Å²) in [5, 5.41) is 0.411. The van der Waals surface area contributed by atoms with Gasteiger partial charge in [-0.25, -0.2) is 4.39 Å². The maximum atomic E-state index is 13.6. The molecule has 0 fully saturated rings. The van der Waals surface area contributed by atoms with Gasteiger partial charge in [0, 0.05) is 15.5 Å². The van der Waals surface area contributed by atoms with Gasteiger partial charge in [-0.05, 0) is 36.8 Å². The first kappa shape index (κ1) is 15.2. The second-order valence-corrected chi connectivity index (χ2v) is 5.60. The molecule has 0 saturated heterocycles. The Bertz CT molecular complexity index is 649. The zero-order valence-electron chi connectivity index (χ0n) is 10.5. The SMILES string of the molecule is CC(N)c1ccc(Oc2cc(Br)cc(F)c2F)cc1Cl. The third-order valence-corrected chi connectivity index (χ3v) is 3.44. The Kier molecular flexibility index (Phi) is 4.62. The number of hydrogen-bond acceptors (Lipinski definition) is 2. The number of hydrogen-bond donors (Lipinski definition) is 1. The largest absolute Gasteiger partial charge is 0.454 e. The minimum absolute atomic E-state index is 0.221. The van der Waals surface area contributed by atoms with E-state index >= 15 is 0 Å². The molecule has 0 spiro atoms. The van der Waals surface area contributed by atoms with E-state index < -0.39 is 11.6 Å². The van der Waals surface area contributed by atoms with Gasteiger partial charge in [0.25, 0.3) is 0 Å². The molecular formula is C14H11BrClF2NO. The monoisotopic (exact) mass is 361 g/mol. The number of halogens is 4. The van der Waals surface area contributed by atoms with Gasteiger partial charge in [0.1, 0.15) is 5.75 Å². The van der Waals surface area contributed by atoms with Crippen molar-refractivity contribution in [2.24, 2.45) is 5.73 Å². The fraction of sp³-hybridized carbons (Fsp3) is 0.143. The highest BCUT2D eigenvalue weighted by molar-refractivity contribution is 9.10. The standard InChI is InChI=1S/C14H11BrClF2NO/c1-7(19)10-3-2-9(6-11(10)16)20-13-5-8(15)4-12(17)14(13)18/h2-7H,19H2,1H3. The van der Waals surface area contributed by atoms with Crippen LogP contribution < -0.4 is 10.5 Å². The first-order chi connectivity index (χ1) is 9.38. The summed E-state index contributed by atoms with van der Waals surface area (Å²) in [6.45, 7) is 1.80. The highest BCUT2D eigenvalue weighted by atomic mass is 79.9. The minimum atomic E-state index is -1.06. The van der Waals surface area contributed by atoms with Crippen LogP contribution in [0.15, 0.2) is 34.8 Å². The molecule has 0 radical (unpaired) electrons. The number of rotatable bonds is 3. The van der Waals surface area contributed by atoms with E-state index in [0.29, 0.717) is 15.2 Å². The van der Waals surface area contributed by atoms with Crippen LogP contribution in [0.4, 0.5) is 8.78 Å². The summed E-state index contributed by atoms with van der Waals surface area (Å²) in [4.78, 5) is 0. The predicted molar refractivity (Wildman–Crippen MR) is 78.2 cm³/mol. The van der Waals surface area contributed by atoms with Crippen molar-refractivity contribution in [3.05, 3.63) is 57.0 Å². The molecule has 1 atom stereocenters. The second-order valence-electron chi connectivity index (χ2n) is 4.27. The summed E-state index contributed by atoms with van der Waals surface area (Å²) in [7, 11) is 0. The molecule has 2 aromatic carbocycles. The van der Waals surface area contributed by atoms with E-state index in [1.165, 1.54) is 12.1 Å². The van der Waals surface area contributed by atoms with Crippen molar-refractivity contribution in [3.8, 4) is 11.5 Å². The first-order valence-corrected chi connectivity index (χ1v) is 6.93. The average molecular weight is 363 g/mol. The number of nitrogens with two attached hydrogens (primary N) is 1. The molecule has 6 heteroatoms. The molecule has 0 aliphatic heterocycles. The molecule has 0 heterocycles. The van der Waals surface area contributed by atoms with Crippen molar-refractivity contribution in [2.45, 2.75) is 13.0 Å². The van der Waals surface area contributed by atoms with E-state index in [9.17, 15) is 8.78 Å². The second kappa shape index (κ2) is 6.08. The third-order valence-electron chi connectivity index (χ3n) is 2.65. The van der Waals surface area contributed by atoms with Gasteiger partial charge < -0.3 is 10.5 Å². The van der Waals surface area contributed by atoms with E-state index in [4.69, 9.17) is 22.1 Å². The predicted octanol–water partition coefficient (Wildman–Crippen LogP) is 5.19. The summed E-state index contributed by atoms with van der Waals surface area (Å²) in [5.41, 5.74) is 6.49. The maximum Gasteiger partial charge on any atom is 0.201 e. The summed E-state index contributed by atoms with van der Waals surface area (Å²) in [5.74, 6) is -1.97. The quantitative estimate of drug-likeness (QED) is 0.762. The molecule has 1 unspecified atom stereocenters. The van der Waals surface area contributed by atoms with Crippen LogP contribution in [0, 0.1) is 11.6 Å². The average Bonchev–Trinajstić information content (AvgIpc) is 2.35. The van der Waals surface area contributed by atoms with E-state index in [0.717, 1.165) is 11.6 Å². The molecular weight excluding hydrogens is 352 g/mol. The molecule has 2 N–H and O–H groups in total. The molecule has 2 aromatic rings. The molecule has 0 aliphatic carbocycles. The fourth-order valence-corrected chi connectivity index (χ4v) is 2.43. The van der Waals surface area contributed by atoms with Gasteiger partial charge in [-0.2, -0.15) is 4.39 Å². The Hall–Kier alpha value is -1.17. The van der Waals surface area contributed by atoms with Crippen molar-refractivity contribution in [3.63, 3.8) is 0 Å². The van der Waals surface area contributed by atoms with Crippen LogP contribution in [0.5, 0.6) is 11.5 Å². The van der Waals surface area contributed by atoms with Crippen molar-refractivity contribution < 1.29 is 13.5 Å². The molecule has 0 aliphatic rings. The van der Waals surface area contributed by atoms with Gasteiger partial charge >= 0.3 is 0 Å². The summed E-state index contributed by atoms with van der Waals surface area (Å²) >= 11 is 9.13. The van der Waals surface area contributed by atoms with Crippen LogP contribution >= 0.6 is 27.5 Å². The van der Waals surface area contributed by atoms with Crippen LogP contribution in [-0.2, 0) is 0 Å². The van der Waals surface area contributed by atoms with Crippen molar-refractivity contribution in [1.82, 2.24) is 0 Å². The third kappa shape index (κ3) is 3.29. The van der Waals surface area contributed by atoms with Gasteiger partial charge in [-0.1, -0.05) is 33.6 Å². The smallest absolute Gasteiger partial charge is 0.201 e. The zero-order chi connectivity index (χ0) is 14.9. The van der Waals surface area contributed by atoms with Gasteiger partial charge in [0.2, 0.25) is 5.82 Å². The molecule has 20 heavy (non-hydrogen) atoms. The van der Waals surface area contributed by atoms with Crippen LogP contribution in [0.25, 0.3) is 0 Å². The lowest BCUT2D eigenvalue weighted by atomic mass is 10.1. The van der Waals surface area contributed by atoms with Gasteiger partial charge in [-0.3, -0.25) is 0 Å². The Morgan fingerprint density at radius 2 is 1.95 bits per heavy atom. The van der Waals surface area contributed by atoms with Gasteiger partial charge in [0.05, 0.1) is 0 Å². The topological polar surface area (TPSA) is 35.2 Å². The van der Waals surface area contributed by atoms with Crippen LogP contribution in [0.1, 0.15) is 18.5 Å². The molecule has 0 bridgehead atoms. The molecule has 106 valence electrons. The van der Waals surface area contributed by atoms with Gasteiger partial charge in [-0.15, -0.1) is 0 Å². The lowest BCUT2D eigenvalue weighted by molar-refractivity contribution is 0.415. The zero-order valence-corrected chi connectivity index (χ0v) is 12.8. The highest BCUT2D eigenvalue weighted by Gasteiger charge is 2.13. The van der Waals surface area contributed by atoms with Crippen LogP contribution in [0.3, 0.4) is 0 Å². The molecule has 0 amide bonds. The highest BCUT2D eigenvalue weighted by Crippen LogP contribution is 2.32. The van der Waals surface area contributed by atoms with Crippen LogP contribution in [0.2, 0.25) is 5.02 Å². The van der Waals surface area contributed by atoms with Crippen LogP contribution in [-0.4, -0.2) is 0 Å². The fourth-order valence-electron chi connectivity index (χ4n) is 1.67. The van der Waals surface area contributed by atoms with Gasteiger partial charge in [0.15, 0.2) is 11.6 Å². The van der Waals surface area contributed by atoms with E-state index in [1.54, 1.807) is 19.1 Å². The minimum Gasteiger partial charge on any atom is -0.454 e. The summed E-state index contributed by atoms with van der Waals surface area (Å²) < 4.78 is 32.6. The molecule has 2 nitrogen and oxygen atoms in total. The maximum absolute atomic E-state index is 13.6. The Morgan fingerprint density at radius 1 is 1.25 bits per heavy atom. The lowest BCUT2D eigenvalue weighted by Gasteiger charge is -2.12. The lowest BCUT2D eigenvalue weighted by Crippen LogP contribution is -2.05. The van der Waals surface area contributed by atoms with E-state index in [1.807, 2.05) is 0 Å². The van der Waals surface area contributed by atoms with Crippen molar-refractivity contribution >= 4 is 27.5 Å². The Morgan fingerprint density at radius 3 is 2.55 bits per heavy atom. The van der Waals surface area contributed by atoms with Crippen molar-refractivity contribution in [2.75, 3.05) is 0 Å². The Balaban J connectivity index is 2.33. The van der Waals surface area contributed by atoms with E-state index in [-0.39, 0.29) is 11.8 Å². The number of benzene rings is 2. The molecule has 0 aromatic heterocycles. The molecule has 2 rings (SSSR count). The molecule has 0 saturated carbocycles. The Labute approximate surface area is 128 Å². The number of ether oxygens (including phenoxy) is 1. The normalized spacial score (nSPS) is 12.3. The first-order valence-electron chi connectivity index (χ1n) is 5.76. The summed E-state index contributed by atoms with van der Waals surface area (Å²) in [6, 6.07) is 6.94. The summed E-state index contributed by atoms with van der Waals surface area (Å²) in [6.07, 6.45) is 0. The van der Waals surface area contributed by atoms with E-state index in [2.05, 4.69) is 15.9 Å². The van der Waals surface area contributed by atoms with Crippen molar-refractivity contribution in [1.29, 1.82) is 0 Å².